The van der Waals surface area contributed by atoms with Crippen LogP contribution in [0.25, 0.3) is 0 Å². The van der Waals surface area contributed by atoms with Gasteiger partial charge in [-0.1, -0.05) is 6.07 Å². The van der Waals surface area contributed by atoms with Crippen molar-refractivity contribution in [2.45, 2.75) is 4.90 Å². The lowest BCUT2D eigenvalue weighted by Crippen LogP contribution is -1.98. The fraction of sp³-hybridized carbons (Fsp3) is 0.0714. The van der Waals surface area contributed by atoms with E-state index in [2.05, 4.69) is 5.32 Å². The van der Waals surface area contributed by atoms with Gasteiger partial charge in [0.15, 0.2) is 11.6 Å². The third-order valence-corrected chi connectivity index (χ3v) is 3.24. The predicted octanol–water partition coefficient (Wildman–Crippen LogP) is 4.30. The summed E-state index contributed by atoms with van der Waals surface area (Å²) in [7, 11) is 0. The van der Waals surface area contributed by atoms with Crippen LogP contribution in [0.4, 0.5) is 20.2 Å². The van der Waals surface area contributed by atoms with E-state index in [1.54, 1.807) is 24.3 Å². The first-order valence-corrected chi connectivity index (χ1v) is 6.66. The zero-order valence-electron chi connectivity index (χ0n) is 10.1. The molecule has 0 aliphatic rings. The molecule has 0 saturated carbocycles. The van der Waals surface area contributed by atoms with E-state index < -0.39 is 11.6 Å². The largest absolute Gasteiger partial charge is 0.351 e. The Morgan fingerprint density at radius 2 is 1.84 bits per heavy atom. The Hall–Kier alpha value is -2.06. The molecule has 0 amide bonds. The zero-order valence-corrected chi connectivity index (χ0v) is 10.9. The van der Waals surface area contributed by atoms with Crippen molar-refractivity contribution < 1.29 is 8.78 Å². The number of nitrogens with one attached hydrogen (secondary N) is 1. The highest BCUT2D eigenvalue weighted by molar-refractivity contribution is 7.98. The number of thioether (sulfide) groups is 1. The molecule has 0 aliphatic carbocycles. The van der Waals surface area contributed by atoms with Gasteiger partial charge in [-0.3, -0.25) is 0 Å². The molecule has 0 unspecified atom stereocenters. The summed E-state index contributed by atoms with van der Waals surface area (Å²) in [5.74, 6) is -1.57. The van der Waals surface area contributed by atoms with Gasteiger partial charge in [0.25, 0.3) is 0 Å². The molecule has 2 rings (SSSR count). The third kappa shape index (κ3) is 3.04. The molecule has 0 spiro atoms. The minimum Gasteiger partial charge on any atom is -0.351 e. The molecule has 1 N–H and O–H groups in total. The first-order chi connectivity index (χ1) is 9.13. The van der Waals surface area contributed by atoms with E-state index in [1.807, 2.05) is 12.3 Å². The minimum absolute atomic E-state index is 0.0431. The first-order valence-electron chi connectivity index (χ1n) is 5.44. The summed E-state index contributed by atoms with van der Waals surface area (Å²) in [6.07, 6.45) is 1.92. The molecule has 2 aromatic rings. The lowest BCUT2D eigenvalue weighted by Gasteiger charge is -2.10. The Labute approximate surface area is 114 Å². The van der Waals surface area contributed by atoms with Gasteiger partial charge in [0.05, 0.1) is 11.6 Å². The molecular weight excluding hydrogens is 266 g/mol. The quantitative estimate of drug-likeness (QED) is 0.849. The average molecular weight is 276 g/mol. The lowest BCUT2D eigenvalue weighted by atomic mass is 10.2. The van der Waals surface area contributed by atoms with E-state index in [4.69, 9.17) is 5.26 Å². The molecule has 96 valence electrons. The van der Waals surface area contributed by atoms with Crippen LogP contribution in [0, 0.1) is 23.0 Å². The standard InChI is InChI=1S/C14H10F2N2S/c1-19-11-4-2-3-10(7-11)18-14-12(15)5-9(8-17)6-13(14)16/h2-7,18H,1H3. The minimum atomic E-state index is -0.786. The number of hydrogen-bond acceptors (Lipinski definition) is 3. The summed E-state index contributed by atoms with van der Waals surface area (Å²) in [4.78, 5) is 0.986. The van der Waals surface area contributed by atoms with E-state index in [0.717, 1.165) is 17.0 Å². The maximum absolute atomic E-state index is 13.7. The summed E-state index contributed by atoms with van der Waals surface area (Å²) in [6, 6.07) is 10.9. The molecule has 0 aliphatic heterocycles. The van der Waals surface area contributed by atoms with E-state index >= 15 is 0 Å². The lowest BCUT2D eigenvalue weighted by molar-refractivity contribution is 0.590. The zero-order chi connectivity index (χ0) is 13.8. The van der Waals surface area contributed by atoms with Crippen molar-refractivity contribution in [2.75, 3.05) is 11.6 Å². The summed E-state index contributed by atoms with van der Waals surface area (Å²) < 4.78 is 27.4. The number of rotatable bonds is 3. The third-order valence-electron chi connectivity index (χ3n) is 2.51. The Morgan fingerprint density at radius 3 is 2.42 bits per heavy atom. The molecule has 0 atom stereocenters. The van der Waals surface area contributed by atoms with Crippen LogP contribution < -0.4 is 5.32 Å². The van der Waals surface area contributed by atoms with Crippen LogP contribution in [0.5, 0.6) is 0 Å². The number of anilines is 2. The van der Waals surface area contributed by atoms with Crippen molar-refractivity contribution in [3.8, 4) is 6.07 Å². The fourth-order valence-electron chi connectivity index (χ4n) is 1.60. The van der Waals surface area contributed by atoms with Crippen LogP contribution in [0.3, 0.4) is 0 Å². The highest BCUT2D eigenvalue weighted by Crippen LogP contribution is 2.26. The predicted molar refractivity (Wildman–Crippen MR) is 72.6 cm³/mol. The van der Waals surface area contributed by atoms with Gasteiger partial charge in [-0.15, -0.1) is 11.8 Å². The van der Waals surface area contributed by atoms with Crippen molar-refractivity contribution in [3.05, 3.63) is 53.6 Å². The van der Waals surface area contributed by atoms with Gasteiger partial charge in [-0.2, -0.15) is 5.26 Å². The Morgan fingerprint density at radius 1 is 1.16 bits per heavy atom. The normalized spacial score (nSPS) is 10.0. The summed E-state index contributed by atoms with van der Waals surface area (Å²) >= 11 is 1.54. The van der Waals surface area contributed by atoms with Crippen LogP contribution in [0.1, 0.15) is 5.56 Å². The van der Waals surface area contributed by atoms with E-state index in [1.165, 1.54) is 11.8 Å². The smallest absolute Gasteiger partial charge is 0.150 e. The van der Waals surface area contributed by atoms with Crippen molar-refractivity contribution in [1.82, 2.24) is 0 Å². The van der Waals surface area contributed by atoms with Gasteiger partial charge in [-0.25, -0.2) is 8.78 Å². The fourth-order valence-corrected chi connectivity index (χ4v) is 2.06. The molecule has 0 radical (unpaired) electrons. The maximum Gasteiger partial charge on any atom is 0.150 e. The van der Waals surface area contributed by atoms with Crippen LogP contribution in [0.15, 0.2) is 41.3 Å². The monoisotopic (exact) mass is 276 g/mol. The highest BCUT2D eigenvalue weighted by Gasteiger charge is 2.11. The van der Waals surface area contributed by atoms with Gasteiger partial charge in [0, 0.05) is 10.6 Å². The molecule has 0 bridgehead atoms. The van der Waals surface area contributed by atoms with Crippen LogP contribution in [-0.2, 0) is 0 Å². The van der Waals surface area contributed by atoms with E-state index in [9.17, 15) is 8.78 Å². The van der Waals surface area contributed by atoms with Crippen LogP contribution >= 0.6 is 11.8 Å². The Kier molecular flexibility index (Phi) is 4.03. The van der Waals surface area contributed by atoms with Crippen molar-refractivity contribution in [3.63, 3.8) is 0 Å². The first kappa shape index (κ1) is 13.4. The van der Waals surface area contributed by atoms with Crippen molar-refractivity contribution in [1.29, 1.82) is 5.26 Å². The molecule has 0 saturated heterocycles. The van der Waals surface area contributed by atoms with E-state index in [0.29, 0.717) is 5.69 Å². The number of nitrogens with zero attached hydrogens (tertiary/aromatic N) is 1. The average Bonchev–Trinajstić information content (AvgIpc) is 2.42. The second-order valence-electron chi connectivity index (χ2n) is 3.78. The molecule has 19 heavy (non-hydrogen) atoms. The van der Waals surface area contributed by atoms with Crippen LogP contribution in [0.2, 0.25) is 0 Å². The van der Waals surface area contributed by atoms with Gasteiger partial charge in [-0.05, 0) is 36.6 Å². The Bertz CT molecular complexity index is 627. The molecule has 0 aromatic heterocycles. The topological polar surface area (TPSA) is 35.8 Å². The van der Waals surface area contributed by atoms with Crippen molar-refractivity contribution >= 4 is 23.1 Å². The highest BCUT2D eigenvalue weighted by atomic mass is 32.2. The van der Waals surface area contributed by atoms with E-state index in [-0.39, 0.29) is 11.3 Å². The van der Waals surface area contributed by atoms with Gasteiger partial charge in [0.2, 0.25) is 0 Å². The number of hydrogen-bond donors (Lipinski definition) is 1. The molecule has 0 fully saturated rings. The Balaban J connectivity index is 2.36. The molecule has 2 aromatic carbocycles. The summed E-state index contributed by atoms with van der Waals surface area (Å²) in [5.41, 5.74) is 0.296. The number of nitriles is 1. The number of halogens is 2. The summed E-state index contributed by atoms with van der Waals surface area (Å²) in [5, 5.41) is 11.3. The molecular formula is C14H10F2N2S. The maximum atomic E-state index is 13.7. The van der Waals surface area contributed by atoms with Gasteiger partial charge >= 0.3 is 0 Å². The van der Waals surface area contributed by atoms with Gasteiger partial charge < -0.3 is 5.32 Å². The van der Waals surface area contributed by atoms with Crippen LogP contribution in [-0.4, -0.2) is 6.26 Å². The second kappa shape index (κ2) is 5.72. The SMILES string of the molecule is CSc1cccc(Nc2c(F)cc(C#N)cc2F)c1. The number of benzene rings is 2. The second-order valence-corrected chi connectivity index (χ2v) is 4.66. The summed E-state index contributed by atoms with van der Waals surface area (Å²) in [6.45, 7) is 0. The van der Waals surface area contributed by atoms with Crippen molar-refractivity contribution in [2.24, 2.45) is 0 Å². The molecule has 0 heterocycles. The molecule has 5 heteroatoms. The van der Waals surface area contributed by atoms with Gasteiger partial charge in [0.1, 0.15) is 5.69 Å². The molecule has 2 nitrogen and oxygen atoms in total.